The molecule has 2 aromatic rings. The van der Waals surface area contributed by atoms with Gasteiger partial charge in [-0.25, -0.2) is 4.98 Å². The van der Waals surface area contributed by atoms with E-state index in [2.05, 4.69) is 4.98 Å². The first-order valence-corrected chi connectivity index (χ1v) is 5.04. The van der Waals surface area contributed by atoms with Crippen LogP contribution in [0.3, 0.4) is 0 Å². The maximum absolute atomic E-state index is 10.9. The minimum atomic E-state index is -0.481. The highest BCUT2D eigenvalue weighted by atomic mass is 16.6. The Morgan fingerprint density at radius 2 is 2.00 bits per heavy atom. The summed E-state index contributed by atoms with van der Waals surface area (Å²) in [5, 5.41) is 19.6. The molecule has 18 heavy (non-hydrogen) atoms. The van der Waals surface area contributed by atoms with Gasteiger partial charge in [-0.2, -0.15) is 5.26 Å². The number of nitro groups is 1. The number of anilines is 1. The highest BCUT2D eigenvalue weighted by Crippen LogP contribution is 2.28. The van der Waals surface area contributed by atoms with Gasteiger partial charge in [-0.1, -0.05) is 12.1 Å². The molecule has 0 radical (unpaired) electrons. The van der Waals surface area contributed by atoms with Crippen molar-refractivity contribution in [1.82, 2.24) is 4.98 Å². The van der Waals surface area contributed by atoms with E-state index in [4.69, 9.17) is 11.0 Å². The fourth-order valence-corrected chi connectivity index (χ4v) is 1.57. The Morgan fingerprint density at radius 1 is 1.28 bits per heavy atom. The van der Waals surface area contributed by atoms with Gasteiger partial charge in [0.2, 0.25) is 0 Å². The maximum atomic E-state index is 10.9. The van der Waals surface area contributed by atoms with Gasteiger partial charge in [-0.15, -0.1) is 0 Å². The van der Waals surface area contributed by atoms with Crippen LogP contribution >= 0.6 is 0 Å². The van der Waals surface area contributed by atoms with Gasteiger partial charge in [0.25, 0.3) is 5.69 Å². The van der Waals surface area contributed by atoms with Gasteiger partial charge in [0, 0.05) is 6.07 Å². The Hall–Kier alpha value is -2.94. The van der Waals surface area contributed by atoms with Crippen LogP contribution in [-0.4, -0.2) is 9.91 Å². The molecule has 0 unspecified atom stereocenters. The van der Waals surface area contributed by atoms with E-state index in [0.717, 1.165) is 0 Å². The van der Waals surface area contributed by atoms with E-state index in [1.54, 1.807) is 18.2 Å². The predicted octanol–water partition coefficient (Wildman–Crippen LogP) is 2.11. The molecule has 0 spiro atoms. The van der Waals surface area contributed by atoms with Gasteiger partial charge < -0.3 is 5.73 Å². The molecule has 0 fully saturated rings. The molecule has 0 saturated carbocycles. The van der Waals surface area contributed by atoms with E-state index in [9.17, 15) is 10.1 Å². The van der Waals surface area contributed by atoms with Crippen molar-refractivity contribution >= 4 is 11.5 Å². The van der Waals surface area contributed by atoms with Gasteiger partial charge in [0.05, 0.1) is 21.7 Å². The van der Waals surface area contributed by atoms with Gasteiger partial charge in [0.1, 0.15) is 11.9 Å². The first kappa shape index (κ1) is 11.5. The molecule has 6 heteroatoms. The zero-order chi connectivity index (χ0) is 13.1. The molecule has 6 nitrogen and oxygen atoms in total. The third kappa shape index (κ3) is 1.97. The van der Waals surface area contributed by atoms with E-state index in [1.165, 1.54) is 18.2 Å². The highest BCUT2D eigenvalue weighted by molar-refractivity contribution is 5.72. The Kier molecular flexibility index (Phi) is 2.89. The molecule has 88 valence electrons. The normalized spacial score (nSPS) is 9.72. The van der Waals surface area contributed by atoms with Crippen molar-refractivity contribution in [2.24, 2.45) is 0 Å². The molecule has 2 N–H and O–H groups in total. The summed E-state index contributed by atoms with van der Waals surface area (Å²) in [5.41, 5.74) is 6.54. The van der Waals surface area contributed by atoms with Crippen LogP contribution in [0.5, 0.6) is 0 Å². The number of para-hydroxylation sites is 1. The molecule has 0 aliphatic heterocycles. The minimum absolute atomic E-state index is 0.0471. The Bertz CT molecular complexity index is 661. The molecular formula is C12H8N4O2. The van der Waals surface area contributed by atoms with Crippen molar-refractivity contribution in [2.75, 3.05) is 5.73 Å². The highest BCUT2D eigenvalue weighted by Gasteiger charge is 2.15. The zero-order valence-electron chi connectivity index (χ0n) is 9.20. The average molecular weight is 240 g/mol. The topological polar surface area (TPSA) is 106 Å². The summed E-state index contributed by atoms with van der Waals surface area (Å²) in [7, 11) is 0. The number of benzene rings is 1. The summed E-state index contributed by atoms with van der Waals surface area (Å²) >= 11 is 0. The van der Waals surface area contributed by atoms with Crippen molar-refractivity contribution in [1.29, 1.82) is 5.26 Å². The Labute approximate surface area is 102 Å². The molecular weight excluding hydrogens is 232 g/mol. The Balaban J connectivity index is 2.60. The lowest BCUT2D eigenvalue weighted by Gasteiger charge is -2.04. The van der Waals surface area contributed by atoms with Crippen molar-refractivity contribution in [2.45, 2.75) is 0 Å². The van der Waals surface area contributed by atoms with Crippen LogP contribution in [0.1, 0.15) is 5.56 Å². The van der Waals surface area contributed by atoms with Gasteiger partial charge in [-0.3, -0.25) is 10.1 Å². The molecule has 0 amide bonds. The zero-order valence-corrected chi connectivity index (χ0v) is 9.20. The third-order valence-electron chi connectivity index (χ3n) is 2.42. The number of hydrogen-bond donors (Lipinski definition) is 1. The second-order valence-electron chi connectivity index (χ2n) is 3.52. The number of aromatic nitrogens is 1. The van der Waals surface area contributed by atoms with Crippen LogP contribution in [0.2, 0.25) is 0 Å². The molecule has 0 saturated heterocycles. The number of nitrogens with zero attached hydrogens (tertiary/aromatic N) is 3. The number of pyridine rings is 1. The summed E-state index contributed by atoms with van der Waals surface area (Å²) < 4.78 is 0. The third-order valence-corrected chi connectivity index (χ3v) is 2.42. The summed E-state index contributed by atoms with van der Waals surface area (Å²) in [4.78, 5) is 14.4. The lowest BCUT2D eigenvalue weighted by molar-refractivity contribution is -0.384. The lowest BCUT2D eigenvalue weighted by Crippen LogP contribution is -1.98. The molecule has 1 aromatic carbocycles. The number of nitro benzene ring substituents is 1. The number of nitrogen functional groups attached to an aromatic ring is 1. The minimum Gasteiger partial charge on any atom is -0.383 e. The van der Waals surface area contributed by atoms with Gasteiger partial charge in [0.15, 0.2) is 0 Å². The Morgan fingerprint density at radius 3 is 2.61 bits per heavy atom. The lowest BCUT2D eigenvalue weighted by atomic mass is 10.1. The summed E-state index contributed by atoms with van der Waals surface area (Å²) in [6.07, 6.45) is 0. The fourth-order valence-electron chi connectivity index (χ4n) is 1.57. The first-order valence-electron chi connectivity index (χ1n) is 5.04. The second-order valence-corrected chi connectivity index (χ2v) is 3.52. The number of rotatable bonds is 2. The average Bonchev–Trinajstić information content (AvgIpc) is 2.38. The fraction of sp³-hybridized carbons (Fsp3) is 0. The van der Waals surface area contributed by atoms with Crippen LogP contribution in [0, 0.1) is 21.4 Å². The monoisotopic (exact) mass is 240 g/mol. The molecule has 2 rings (SSSR count). The van der Waals surface area contributed by atoms with E-state index < -0.39 is 4.92 Å². The summed E-state index contributed by atoms with van der Waals surface area (Å²) in [6.45, 7) is 0. The van der Waals surface area contributed by atoms with Crippen LogP contribution in [-0.2, 0) is 0 Å². The smallest absolute Gasteiger partial charge is 0.278 e. The second kappa shape index (κ2) is 4.51. The standard InChI is InChI=1S/C12H8N4O2/c13-7-8-5-6-10(15-12(8)14)9-3-1-2-4-11(9)16(17)18/h1-6H,(H2,14,15). The van der Waals surface area contributed by atoms with Gasteiger partial charge in [-0.05, 0) is 18.2 Å². The number of nitriles is 1. The molecule has 0 atom stereocenters. The molecule has 0 aliphatic carbocycles. The van der Waals surface area contributed by atoms with Gasteiger partial charge >= 0.3 is 0 Å². The van der Waals surface area contributed by atoms with Crippen LogP contribution < -0.4 is 5.73 Å². The molecule has 1 aromatic heterocycles. The van der Waals surface area contributed by atoms with Crippen LogP contribution in [0.15, 0.2) is 36.4 Å². The van der Waals surface area contributed by atoms with Crippen molar-refractivity contribution in [3.05, 3.63) is 52.1 Å². The first-order chi connectivity index (χ1) is 8.63. The number of hydrogen-bond acceptors (Lipinski definition) is 5. The van der Waals surface area contributed by atoms with E-state index in [0.29, 0.717) is 11.3 Å². The van der Waals surface area contributed by atoms with Crippen molar-refractivity contribution in [3.63, 3.8) is 0 Å². The summed E-state index contributed by atoms with van der Waals surface area (Å²) in [5.74, 6) is 0.0631. The number of nitrogens with two attached hydrogens (primary N) is 1. The quantitative estimate of drug-likeness (QED) is 0.639. The summed E-state index contributed by atoms with van der Waals surface area (Å²) in [6, 6.07) is 11.2. The SMILES string of the molecule is N#Cc1ccc(-c2ccccc2[N+](=O)[O-])nc1N. The van der Waals surface area contributed by atoms with Crippen LogP contribution in [0.25, 0.3) is 11.3 Å². The molecule has 1 heterocycles. The van der Waals surface area contributed by atoms with Crippen molar-refractivity contribution < 1.29 is 4.92 Å². The molecule has 0 aliphatic rings. The van der Waals surface area contributed by atoms with E-state index >= 15 is 0 Å². The maximum Gasteiger partial charge on any atom is 0.278 e. The molecule has 0 bridgehead atoms. The van der Waals surface area contributed by atoms with E-state index in [-0.39, 0.29) is 17.1 Å². The van der Waals surface area contributed by atoms with E-state index in [1.807, 2.05) is 6.07 Å². The van der Waals surface area contributed by atoms with Crippen molar-refractivity contribution in [3.8, 4) is 17.3 Å². The predicted molar refractivity (Wildman–Crippen MR) is 65.5 cm³/mol. The largest absolute Gasteiger partial charge is 0.383 e. The van der Waals surface area contributed by atoms with Crippen LogP contribution in [0.4, 0.5) is 11.5 Å².